The van der Waals surface area contributed by atoms with Crippen LogP contribution in [0.4, 0.5) is 0 Å². The molecule has 0 aliphatic heterocycles. The molecule has 0 aromatic carbocycles. The summed E-state index contributed by atoms with van der Waals surface area (Å²) in [5, 5.41) is 18.0. The topological polar surface area (TPSA) is 74.6 Å². The summed E-state index contributed by atoms with van der Waals surface area (Å²) in [4.78, 5) is 21.9. The van der Waals surface area contributed by atoms with Gasteiger partial charge in [0.15, 0.2) is 0 Å². The van der Waals surface area contributed by atoms with Crippen molar-refractivity contribution in [1.82, 2.24) is 0 Å². The van der Waals surface area contributed by atoms with Gasteiger partial charge in [-0.25, -0.2) is 0 Å². The Hall–Kier alpha value is -1.06. The summed E-state index contributed by atoms with van der Waals surface area (Å²) < 4.78 is 0. The fraction of sp³-hybridized carbons (Fsp3) is 0.867. The van der Waals surface area contributed by atoms with E-state index >= 15 is 0 Å². The van der Waals surface area contributed by atoms with Crippen LogP contribution in [0.2, 0.25) is 0 Å². The number of carboxylic acids is 2. The van der Waals surface area contributed by atoms with Gasteiger partial charge in [0.2, 0.25) is 0 Å². The van der Waals surface area contributed by atoms with Crippen LogP contribution in [-0.4, -0.2) is 22.2 Å². The van der Waals surface area contributed by atoms with Crippen molar-refractivity contribution in [2.45, 2.75) is 65.2 Å². The highest BCUT2D eigenvalue weighted by molar-refractivity contribution is 5.69. The number of aliphatic carboxylic acids is 2. The minimum atomic E-state index is -0.840. The lowest BCUT2D eigenvalue weighted by Crippen LogP contribution is -2.35. The highest BCUT2D eigenvalue weighted by atomic mass is 16.4. The van der Waals surface area contributed by atoms with Crippen LogP contribution in [0, 0.1) is 17.3 Å². The Morgan fingerprint density at radius 2 is 1.74 bits per heavy atom. The molecule has 1 aliphatic rings. The van der Waals surface area contributed by atoms with E-state index in [0.29, 0.717) is 12.3 Å². The number of hydrogen-bond acceptors (Lipinski definition) is 2. The molecule has 0 heterocycles. The second-order valence-corrected chi connectivity index (χ2v) is 6.31. The predicted molar refractivity (Wildman–Crippen MR) is 73.0 cm³/mol. The van der Waals surface area contributed by atoms with Crippen molar-refractivity contribution in [3.05, 3.63) is 0 Å². The lowest BCUT2D eigenvalue weighted by molar-refractivity contribution is -0.143. The molecule has 0 saturated heterocycles. The van der Waals surface area contributed by atoms with Crippen LogP contribution in [0.1, 0.15) is 65.2 Å². The Morgan fingerprint density at radius 1 is 1.16 bits per heavy atom. The smallest absolute Gasteiger partial charge is 0.303 e. The highest BCUT2D eigenvalue weighted by Gasteiger charge is 2.38. The monoisotopic (exact) mass is 270 g/mol. The highest BCUT2D eigenvalue weighted by Crippen LogP contribution is 2.44. The minimum absolute atomic E-state index is 0.0564. The van der Waals surface area contributed by atoms with Crippen molar-refractivity contribution >= 4 is 11.9 Å². The zero-order valence-corrected chi connectivity index (χ0v) is 12.0. The van der Waals surface area contributed by atoms with Gasteiger partial charge in [0.1, 0.15) is 0 Å². The summed E-state index contributed by atoms with van der Waals surface area (Å²) in [6.07, 6.45) is 6.60. The fourth-order valence-corrected chi connectivity index (χ4v) is 3.42. The molecule has 1 rings (SSSR count). The molecular weight excluding hydrogens is 244 g/mol. The largest absolute Gasteiger partial charge is 0.481 e. The summed E-state index contributed by atoms with van der Waals surface area (Å²) in [6, 6.07) is 0. The third-order valence-corrected chi connectivity index (χ3v) is 4.92. The maximum atomic E-state index is 11.1. The number of carboxylic acid groups (broad SMARTS) is 2. The molecule has 2 atom stereocenters. The molecule has 2 N–H and O–H groups in total. The van der Waals surface area contributed by atoms with Crippen molar-refractivity contribution in [1.29, 1.82) is 0 Å². The van der Waals surface area contributed by atoms with Crippen LogP contribution >= 0.6 is 0 Å². The molecule has 1 saturated carbocycles. The molecule has 19 heavy (non-hydrogen) atoms. The molecule has 0 amide bonds. The second kappa shape index (κ2) is 6.92. The molecule has 1 fully saturated rings. The first-order valence-electron chi connectivity index (χ1n) is 7.29. The standard InChI is InChI=1S/C15H26O4/c1-11(12-6-4-3-5-7-12)15(2,10-14(18)19)9-8-13(16)17/h11-12H,3-10H2,1-2H3,(H,16,17)(H,18,19). The van der Waals surface area contributed by atoms with Gasteiger partial charge in [-0.1, -0.05) is 46.0 Å². The average Bonchev–Trinajstić information content (AvgIpc) is 2.36. The number of rotatable bonds is 7. The third kappa shape index (κ3) is 4.84. The van der Waals surface area contributed by atoms with E-state index in [-0.39, 0.29) is 18.8 Å². The van der Waals surface area contributed by atoms with E-state index in [9.17, 15) is 9.59 Å². The van der Waals surface area contributed by atoms with E-state index in [1.165, 1.54) is 19.3 Å². The van der Waals surface area contributed by atoms with Gasteiger partial charge in [-0.05, 0) is 23.7 Å². The maximum Gasteiger partial charge on any atom is 0.303 e. The van der Waals surface area contributed by atoms with Gasteiger partial charge in [0, 0.05) is 6.42 Å². The van der Waals surface area contributed by atoms with Gasteiger partial charge < -0.3 is 10.2 Å². The first kappa shape index (κ1) is 16.0. The fourth-order valence-electron chi connectivity index (χ4n) is 3.42. The summed E-state index contributed by atoms with van der Waals surface area (Å²) in [5.74, 6) is -0.849. The first-order chi connectivity index (χ1) is 8.85. The number of carbonyl (C=O) groups is 2. The lowest BCUT2D eigenvalue weighted by Gasteiger charge is -2.40. The predicted octanol–water partition coefficient (Wildman–Crippen LogP) is 3.55. The molecule has 0 radical (unpaired) electrons. The molecule has 4 nitrogen and oxygen atoms in total. The summed E-state index contributed by atoms with van der Waals surface area (Å²) in [6.45, 7) is 4.06. The van der Waals surface area contributed by atoms with Crippen molar-refractivity contribution in [2.75, 3.05) is 0 Å². The zero-order valence-electron chi connectivity index (χ0n) is 12.0. The van der Waals surface area contributed by atoms with E-state index < -0.39 is 17.4 Å². The number of hydrogen-bond donors (Lipinski definition) is 2. The third-order valence-electron chi connectivity index (χ3n) is 4.92. The Balaban J connectivity index is 2.74. The van der Waals surface area contributed by atoms with Gasteiger partial charge >= 0.3 is 11.9 Å². The van der Waals surface area contributed by atoms with Gasteiger partial charge in [0.25, 0.3) is 0 Å². The molecule has 0 spiro atoms. The van der Waals surface area contributed by atoms with Crippen LogP contribution in [0.25, 0.3) is 0 Å². The van der Waals surface area contributed by atoms with E-state index in [1.54, 1.807) is 0 Å². The van der Waals surface area contributed by atoms with E-state index in [2.05, 4.69) is 6.92 Å². The van der Waals surface area contributed by atoms with Crippen LogP contribution in [0.15, 0.2) is 0 Å². The van der Waals surface area contributed by atoms with Crippen LogP contribution in [-0.2, 0) is 9.59 Å². The van der Waals surface area contributed by atoms with Gasteiger partial charge in [-0.15, -0.1) is 0 Å². The molecule has 1 aliphatic carbocycles. The van der Waals surface area contributed by atoms with Crippen molar-refractivity contribution in [3.8, 4) is 0 Å². The maximum absolute atomic E-state index is 11.1. The van der Waals surface area contributed by atoms with E-state index in [0.717, 1.165) is 12.8 Å². The van der Waals surface area contributed by atoms with Crippen molar-refractivity contribution in [3.63, 3.8) is 0 Å². The zero-order chi connectivity index (χ0) is 14.5. The summed E-state index contributed by atoms with van der Waals surface area (Å²) in [5.41, 5.74) is -0.410. The SMILES string of the molecule is CC(C1CCCCC1)C(C)(CCC(=O)O)CC(=O)O. The Labute approximate surface area is 115 Å². The lowest BCUT2D eigenvalue weighted by atomic mass is 9.64. The summed E-state index contributed by atoms with van der Waals surface area (Å²) >= 11 is 0. The second-order valence-electron chi connectivity index (χ2n) is 6.31. The van der Waals surface area contributed by atoms with Crippen molar-refractivity contribution < 1.29 is 19.8 Å². The van der Waals surface area contributed by atoms with Gasteiger partial charge in [-0.2, -0.15) is 0 Å². The Bertz CT molecular complexity index is 320. The Kier molecular flexibility index (Phi) is 5.83. The van der Waals surface area contributed by atoms with E-state index in [4.69, 9.17) is 10.2 Å². The Morgan fingerprint density at radius 3 is 2.21 bits per heavy atom. The molecular formula is C15H26O4. The first-order valence-corrected chi connectivity index (χ1v) is 7.29. The van der Waals surface area contributed by atoms with Crippen molar-refractivity contribution in [2.24, 2.45) is 17.3 Å². The van der Waals surface area contributed by atoms with Crippen LogP contribution in [0.3, 0.4) is 0 Å². The van der Waals surface area contributed by atoms with Crippen LogP contribution in [0.5, 0.6) is 0 Å². The normalized spacial score (nSPS) is 21.6. The summed E-state index contributed by atoms with van der Waals surface area (Å²) in [7, 11) is 0. The quantitative estimate of drug-likeness (QED) is 0.742. The molecule has 0 aromatic rings. The minimum Gasteiger partial charge on any atom is -0.481 e. The average molecular weight is 270 g/mol. The molecule has 0 aromatic heterocycles. The molecule has 0 bridgehead atoms. The van der Waals surface area contributed by atoms with Gasteiger partial charge in [-0.3, -0.25) is 9.59 Å². The van der Waals surface area contributed by atoms with E-state index in [1.807, 2.05) is 6.92 Å². The molecule has 2 unspecified atom stereocenters. The van der Waals surface area contributed by atoms with Crippen LogP contribution < -0.4 is 0 Å². The molecule has 4 heteroatoms. The van der Waals surface area contributed by atoms with Gasteiger partial charge in [0.05, 0.1) is 6.42 Å². The molecule has 110 valence electrons.